The van der Waals surface area contributed by atoms with Crippen molar-refractivity contribution in [2.75, 3.05) is 18.4 Å². The van der Waals surface area contributed by atoms with Gasteiger partial charge in [0.15, 0.2) is 5.82 Å². The third kappa shape index (κ3) is 4.25. The van der Waals surface area contributed by atoms with Crippen LogP contribution >= 0.6 is 12.4 Å². The van der Waals surface area contributed by atoms with Crippen LogP contribution in [0.3, 0.4) is 0 Å². The highest BCUT2D eigenvalue weighted by atomic mass is 35.5. The number of aryl methyl sites for hydroxylation is 1. The third-order valence-electron chi connectivity index (χ3n) is 3.44. The quantitative estimate of drug-likeness (QED) is 0.835. The minimum atomic E-state index is -0.0381. The van der Waals surface area contributed by atoms with Crippen LogP contribution in [0.4, 0.5) is 5.69 Å². The molecule has 118 valence electrons. The second-order valence-corrected chi connectivity index (χ2v) is 5.33. The second-order valence-electron chi connectivity index (χ2n) is 5.33. The van der Waals surface area contributed by atoms with Crippen molar-refractivity contribution < 1.29 is 4.79 Å². The lowest BCUT2D eigenvalue weighted by Crippen LogP contribution is -2.29. The zero-order chi connectivity index (χ0) is 14.7. The molecule has 1 amide bonds. The molecular formula is C14H19ClN6O. The fraction of sp³-hybridized carbons (Fsp3) is 0.429. The van der Waals surface area contributed by atoms with E-state index < -0.39 is 0 Å². The number of hydrogen-bond acceptors (Lipinski definition) is 5. The van der Waals surface area contributed by atoms with Gasteiger partial charge in [-0.25, -0.2) is 4.68 Å². The molecule has 7 nitrogen and oxygen atoms in total. The number of nitrogens with one attached hydrogen (secondary N) is 2. The maximum absolute atomic E-state index is 11.9. The Morgan fingerprint density at radius 2 is 2.23 bits per heavy atom. The van der Waals surface area contributed by atoms with E-state index in [1.165, 1.54) is 12.8 Å². The SMILES string of the molecule is Cl.Cn1nnnc1-c1cccc(NC(=O)CNCC2CC2)c1. The first-order valence-corrected chi connectivity index (χ1v) is 7.06. The molecule has 2 N–H and O–H groups in total. The largest absolute Gasteiger partial charge is 0.325 e. The van der Waals surface area contributed by atoms with Gasteiger partial charge in [-0.3, -0.25) is 4.79 Å². The Morgan fingerprint density at radius 3 is 2.91 bits per heavy atom. The van der Waals surface area contributed by atoms with Gasteiger partial charge in [0.05, 0.1) is 6.54 Å². The van der Waals surface area contributed by atoms with Crippen LogP contribution in [0.5, 0.6) is 0 Å². The number of tetrazole rings is 1. The summed E-state index contributed by atoms with van der Waals surface area (Å²) >= 11 is 0. The van der Waals surface area contributed by atoms with Gasteiger partial charge in [-0.1, -0.05) is 12.1 Å². The van der Waals surface area contributed by atoms with Gasteiger partial charge in [-0.05, 0) is 47.9 Å². The van der Waals surface area contributed by atoms with Crippen molar-refractivity contribution in [3.63, 3.8) is 0 Å². The summed E-state index contributed by atoms with van der Waals surface area (Å²) in [7, 11) is 1.78. The molecular weight excluding hydrogens is 304 g/mol. The van der Waals surface area contributed by atoms with E-state index in [4.69, 9.17) is 0 Å². The van der Waals surface area contributed by atoms with Crippen LogP contribution in [0.15, 0.2) is 24.3 Å². The number of carbonyl (C=O) groups is 1. The van der Waals surface area contributed by atoms with E-state index in [2.05, 4.69) is 26.2 Å². The summed E-state index contributed by atoms with van der Waals surface area (Å²) in [6.45, 7) is 1.27. The van der Waals surface area contributed by atoms with Crippen molar-refractivity contribution in [1.82, 2.24) is 25.5 Å². The summed E-state index contributed by atoms with van der Waals surface area (Å²) in [4.78, 5) is 11.9. The molecule has 0 atom stereocenters. The van der Waals surface area contributed by atoms with E-state index in [1.54, 1.807) is 11.7 Å². The Labute approximate surface area is 134 Å². The average molecular weight is 323 g/mol. The number of rotatable bonds is 6. The molecule has 0 saturated heterocycles. The van der Waals surface area contributed by atoms with Gasteiger partial charge in [-0.2, -0.15) is 0 Å². The fourth-order valence-corrected chi connectivity index (χ4v) is 2.13. The number of hydrogen-bond donors (Lipinski definition) is 2. The lowest BCUT2D eigenvalue weighted by molar-refractivity contribution is -0.115. The van der Waals surface area contributed by atoms with Gasteiger partial charge < -0.3 is 10.6 Å². The molecule has 22 heavy (non-hydrogen) atoms. The van der Waals surface area contributed by atoms with Gasteiger partial charge in [0, 0.05) is 18.3 Å². The van der Waals surface area contributed by atoms with Gasteiger partial charge >= 0.3 is 0 Å². The normalized spacial score (nSPS) is 13.5. The zero-order valence-corrected chi connectivity index (χ0v) is 13.1. The summed E-state index contributed by atoms with van der Waals surface area (Å²) in [5, 5.41) is 17.4. The van der Waals surface area contributed by atoms with Crippen LogP contribution in [0.1, 0.15) is 12.8 Å². The molecule has 1 aromatic carbocycles. The fourth-order valence-electron chi connectivity index (χ4n) is 2.13. The van der Waals surface area contributed by atoms with Crippen LogP contribution in [0.2, 0.25) is 0 Å². The highest BCUT2D eigenvalue weighted by molar-refractivity contribution is 5.92. The molecule has 0 spiro atoms. The highest BCUT2D eigenvalue weighted by Gasteiger charge is 2.20. The Morgan fingerprint density at radius 1 is 1.41 bits per heavy atom. The molecule has 1 aliphatic carbocycles. The predicted octanol–water partition coefficient (Wildman–Crippen LogP) is 1.24. The highest BCUT2D eigenvalue weighted by Crippen LogP contribution is 2.27. The number of carbonyl (C=O) groups excluding carboxylic acids is 1. The molecule has 0 unspecified atom stereocenters. The number of benzene rings is 1. The first-order chi connectivity index (χ1) is 10.2. The van der Waals surface area contributed by atoms with E-state index >= 15 is 0 Å². The molecule has 3 rings (SSSR count). The van der Waals surface area contributed by atoms with Crippen LogP contribution in [-0.2, 0) is 11.8 Å². The second kappa shape index (κ2) is 7.33. The molecule has 1 saturated carbocycles. The van der Waals surface area contributed by atoms with Crippen molar-refractivity contribution >= 4 is 24.0 Å². The lowest BCUT2D eigenvalue weighted by Gasteiger charge is -2.07. The molecule has 1 aliphatic rings. The Bertz CT molecular complexity index is 640. The van der Waals surface area contributed by atoms with E-state index in [-0.39, 0.29) is 18.3 Å². The topological polar surface area (TPSA) is 84.7 Å². The molecule has 0 aliphatic heterocycles. The van der Waals surface area contributed by atoms with Gasteiger partial charge in [0.2, 0.25) is 5.91 Å². The van der Waals surface area contributed by atoms with Gasteiger partial charge in [-0.15, -0.1) is 17.5 Å². The summed E-state index contributed by atoms with van der Waals surface area (Å²) in [5.74, 6) is 1.39. The van der Waals surface area contributed by atoms with Crippen LogP contribution in [0.25, 0.3) is 11.4 Å². The minimum absolute atomic E-state index is 0. The lowest BCUT2D eigenvalue weighted by atomic mass is 10.2. The number of halogens is 1. The third-order valence-corrected chi connectivity index (χ3v) is 3.44. The van der Waals surface area contributed by atoms with E-state index in [9.17, 15) is 4.79 Å². The molecule has 8 heteroatoms. The molecule has 1 aromatic heterocycles. The number of nitrogens with zero attached hydrogens (tertiary/aromatic N) is 4. The molecule has 2 aromatic rings. The first-order valence-electron chi connectivity index (χ1n) is 7.06. The van der Waals surface area contributed by atoms with Crippen LogP contribution in [-0.4, -0.2) is 39.2 Å². The van der Waals surface area contributed by atoms with Crippen LogP contribution < -0.4 is 10.6 Å². The standard InChI is InChI=1S/C14H18N6O.ClH/c1-20-14(17-18-19-20)11-3-2-4-12(7-11)16-13(21)9-15-8-10-5-6-10;/h2-4,7,10,15H,5-6,8-9H2,1H3,(H,16,21);1H. The van der Waals surface area contributed by atoms with Crippen molar-refractivity contribution in [3.05, 3.63) is 24.3 Å². The van der Waals surface area contributed by atoms with E-state index in [0.717, 1.165) is 23.7 Å². The van der Waals surface area contributed by atoms with Crippen LogP contribution in [0, 0.1) is 5.92 Å². The van der Waals surface area contributed by atoms with Crippen molar-refractivity contribution in [3.8, 4) is 11.4 Å². The summed E-state index contributed by atoms with van der Waals surface area (Å²) in [6, 6.07) is 7.50. The number of amides is 1. The van der Waals surface area contributed by atoms with Gasteiger partial charge in [0.1, 0.15) is 0 Å². The zero-order valence-electron chi connectivity index (χ0n) is 12.3. The number of anilines is 1. The maximum atomic E-state index is 11.9. The van der Waals surface area contributed by atoms with E-state index in [0.29, 0.717) is 12.4 Å². The maximum Gasteiger partial charge on any atom is 0.238 e. The summed E-state index contributed by atoms with van der Waals surface area (Å²) in [6.07, 6.45) is 2.56. The first kappa shape index (κ1) is 16.4. The van der Waals surface area contributed by atoms with Crippen molar-refractivity contribution in [2.24, 2.45) is 13.0 Å². The summed E-state index contributed by atoms with van der Waals surface area (Å²) < 4.78 is 1.60. The van der Waals surface area contributed by atoms with Gasteiger partial charge in [0.25, 0.3) is 0 Å². The molecule has 0 radical (unpaired) electrons. The molecule has 1 heterocycles. The minimum Gasteiger partial charge on any atom is -0.325 e. The Balaban J connectivity index is 0.00000176. The predicted molar refractivity (Wildman–Crippen MR) is 85.7 cm³/mol. The number of aromatic nitrogens is 4. The van der Waals surface area contributed by atoms with E-state index in [1.807, 2.05) is 24.3 Å². The monoisotopic (exact) mass is 322 g/mol. The van der Waals surface area contributed by atoms with Crippen molar-refractivity contribution in [1.29, 1.82) is 0 Å². The summed E-state index contributed by atoms with van der Waals surface area (Å²) in [5.41, 5.74) is 1.61. The van der Waals surface area contributed by atoms with Crippen molar-refractivity contribution in [2.45, 2.75) is 12.8 Å². The Hall–Kier alpha value is -1.99. The molecule has 1 fully saturated rings. The smallest absolute Gasteiger partial charge is 0.238 e. The molecule has 0 bridgehead atoms. The average Bonchev–Trinajstić information content (AvgIpc) is 3.19. The Kier molecular flexibility index (Phi) is 5.46.